The van der Waals surface area contributed by atoms with E-state index in [-0.39, 0.29) is 47.1 Å². The van der Waals surface area contributed by atoms with Crippen LogP contribution in [-0.4, -0.2) is 67.0 Å². The van der Waals surface area contributed by atoms with Gasteiger partial charge >= 0.3 is 11.9 Å². The van der Waals surface area contributed by atoms with E-state index in [0.29, 0.717) is 0 Å². The van der Waals surface area contributed by atoms with Gasteiger partial charge in [0.2, 0.25) is 11.5 Å². The Kier molecular flexibility index (Phi) is 9.43. The number of hydrogen-bond acceptors (Lipinski definition) is 10. The number of aromatic nitrogens is 2. The second-order valence-corrected chi connectivity index (χ2v) is 7.82. The van der Waals surface area contributed by atoms with E-state index in [1.54, 1.807) is 58.2 Å². The summed E-state index contributed by atoms with van der Waals surface area (Å²) in [6.45, 7) is -0.0182. The Balaban J connectivity index is 0.00000228. The van der Waals surface area contributed by atoms with Gasteiger partial charge in [0, 0.05) is 24.3 Å². The van der Waals surface area contributed by atoms with Crippen molar-refractivity contribution in [3.8, 4) is 11.1 Å². The van der Waals surface area contributed by atoms with E-state index in [4.69, 9.17) is 9.47 Å². The molecule has 36 heavy (non-hydrogen) atoms. The minimum absolute atomic E-state index is 0. The first-order valence-corrected chi connectivity index (χ1v) is 10.2. The van der Waals surface area contributed by atoms with E-state index in [9.17, 15) is 40.2 Å². The minimum atomic E-state index is -1.34. The molecule has 0 spiro atoms. The molecule has 2 aliphatic rings. The zero-order valence-electron chi connectivity index (χ0n) is 18.3. The number of rotatable bonds is 7. The largest absolute Gasteiger partial charge is 1.00 e. The summed E-state index contributed by atoms with van der Waals surface area (Å²) in [4.78, 5) is 22.6. The number of halogens is 2. The Hall–Kier alpha value is -3.20. The molecule has 0 fully saturated rings. The van der Waals surface area contributed by atoms with E-state index in [0.717, 1.165) is 11.1 Å². The van der Waals surface area contributed by atoms with Crippen LogP contribution in [0.5, 0.6) is 0 Å². The third kappa shape index (κ3) is 5.78. The van der Waals surface area contributed by atoms with Gasteiger partial charge in [-0.15, -0.1) is 0 Å². The zero-order chi connectivity index (χ0) is 24.6. The summed E-state index contributed by atoms with van der Waals surface area (Å²) >= 11 is 0. The average Bonchev–Trinajstić information content (AvgIpc) is 3.24. The molecule has 0 aliphatic carbocycles. The van der Waals surface area contributed by atoms with Crippen LogP contribution in [0.25, 0.3) is 11.1 Å². The molecule has 194 valence electrons. The van der Waals surface area contributed by atoms with E-state index in [1.807, 2.05) is 0 Å². The molecule has 0 aromatic carbocycles. The third-order valence-corrected chi connectivity index (χ3v) is 5.49. The van der Waals surface area contributed by atoms with Crippen molar-refractivity contribution in [2.24, 2.45) is 0 Å². The van der Waals surface area contributed by atoms with E-state index in [1.165, 1.54) is 0 Å². The second kappa shape index (κ2) is 11.7. The van der Waals surface area contributed by atoms with Crippen LogP contribution in [0.15, 0.2) is 72.1 Å². The fraction of sp³-hybridized carbons (Fsp3) is 0.273. The van der Waals surface area contributed by atoms with Crippen molar-refractivity contribution in [3.05, 3.63) is 72.1 Å². The van der Waals surface area contributed by atoms with E-state index < -0.39 is 59.4 Å². The first-order valence-electron chi connectivity index (χ1n) is 10.2. The number of nitrogens with zero attached hydrogens (tertiary/aromatic N) is 2. The Morgan fingerprint density at radius 3 is 1.22 bits per heavy atom. The lowest BCUT2D eigenvalue weighted by molar-refractivity contribution is -0.704. The molecule has 4 heterocycles. The van der Waals surface area contributed by atoms with Gasteiger partial charge < -0.3 is 74.1 Å². The molecule has 2 aliphatic heterocycles. The number of carbonyl (C=O) groups excluding carboxylic acids is 2. The molecule has 0 amide bonds. The highest BCUT2D eigenvalue weighted by atomic mass is 79.9. The maximum Gasteiger partial charge on any atom is 0.378 e. The number of ether oxygens (including phenoxy) is 2. The molecule has 12 nitrogen and oxygen atoms in total. The lowest BCUT2D eigenvalue weighted by Gasteiger charge is -2.14. The Morgan fingerprint density at radius 1 is 0.667 bits per heavy atom. The fourth-order valence-electron chi connectivity index (χ4n) is 3.62. The lowest BCUT2D eigenvalue weighted by Crippen LogP contribution is -3.00. The Morgan fingerprint density at radius 2 is 0.972 bits per heavy atom. The normalized spacial score (nSPS) is 20.8. The van der Waals surface area contributed by atoms with E-state index in [2.05, 4.69) is 0 Å². The number of aliphatic hydroxyl groups is 6. The molecule has 2 aromatic heterocycles. The summed E-state index contributed by atoms with van der Waals surface area (Å²) in [5, 5.41) is 58.6. The van der Waals surface area contributed by atoms with Crippen molar-refractivity contribution in [2.75, 3.05) is 0 Å². The molecule has 4 rings (SSSR count). The van der Waals surface area contributed by atoms with E-state index >= 15 is 0 Å². The van der Waals surface area contributed by atoms with Crippen LogP contribution in [0.2, 0.25) is 0 Å². The monoisotopic (exact) mass is 632 g/mol. The standard InChI is InChI=1S/C22H20N2O10.2BrH/c25-13(19-15(27)17(29)21(31)33-19)9-23-5-1-11(2-6-23)12-3-7-24(8-4-12)10-14(26)20-16(28)18(30)22(32)34-20;;/h1-8,13-14,19-20,25-26H,9-10H2,(H2,27,28,29,30,31,32);2*1H. The van der Waals surface area contributed by atoms with Gasteiger partial charge in [-0.3, -0.25) is 0 Å². The third-order valence-electron chi connectivity index (χ3n) is 5.49. The van der Waals surface area contributed by atoms with Gasteiger partial charge in [0.25, 0.3) is 0 Å². The van der Waals surface area contributed by atoms with Gasteiger partial charge in [0.15, 0.2) is 73.8 Å². The van der Waals surface area contributed by atoms with Gasteiger partial charge in [-0.25, -0.2) is 18.7 Å². The molecule has 4 atom stereocenters. The van der Waals surface area contributed by atoms with Crippen LogP contribution in [0, 0.1) is 0 Å². The molecule has 6 N–H and O–H groups in total. The van der Waals surface area contributed by atoms with Gasteiger partial charge in [0.05, 0.1) is 0 Å². The number of pyridine rings is 2. The maximum absolute atomic E-state index is 11.3. The van der Waals surface area contributed by atoms with Gasteiger partial charge in [-0.05, 0) is 11.1 Å². The maximum atomic E-state index is 11.3. The molecule has 0 radical (unpaired) electrons. The Labute approximate surface area is 225 Å². The number of carbonyl (C=O) groups is 2. The van der Waals surface area contributed by atoms with Crippen LogP contribution in [0.4, 0.5) is 0 Å². The summed E-state index contributed by atoms with van der Waals surface area (Å²) in [7, 11) is 0. The predicted octanol–water partition coefficient (Wildman–Crippen LogP) is -6.84. The van der Waals surface area contributed by atoms with Crippen molar-refractivity contribution in [2.45, 2.75) is 37.5 Å². The van der Waals surface area contributed by atoms with Gasteiger partial charge in [0.1, 0.15) is 0 Å². The topological polar surface area (TPSA) is 182 Å². The molecule has 0 saturated carbocycles. The second-order valence-electron chi connectivity index (χ2n) is 7.82. The summed E-state index contributed by atoms with van der Waals surface area (Å²) in [6, 6.07) is 7.11. The number of cyclic esters (lactones) is 2. The van der Waals surface area contributed by atoms with Gasteiger partial charge in [-0.1, -0.05) is 0 Å². The number of hydrogen-bond donors (Lipinski definition) is 6. The first-order chi connectivity index (χ1) is 16.2. The Bertz CT molecular complexity index is 1090. The molecule has 0 saturated heterocycles. The molecular weight excluding hydrogens is 612 g/mol. The molecular formula is C22H22Br2N2O10. The zero-order valence-corrected chi connectivity index (χ0v) is 21.5. The predicted molar refractivity (Wildman–Crippen MR) is 109 cm³/mol. The number of esters is 2. The SMILES string of the molecule is O=C1OC(C(O)C[n+]2ccc(-c3cc[n+](CC(O)C4OC(=O)C(O)=C4O)cc3)cc2)C(O)=C1O.[Br-].[Br-]. The summed E-state index contributed by atoms with van der Waals surface area (Å²) < 4.78 is 12.7. The van der Waals surface area contributed by atoms with Crippen molar-refractivity contribution < 1.29 is 92.8 Å². The van der Waals surface area contributed by atoms with Gasteiger partial charge in [-0.2, -0.15) is 0 Å². The van der Waals surface area contributed by atoms with Crippen molar-refractivity contribution in [1.82, 2.24) is 0 Å². The molecule has 0 bridgehead atoms. The van der Waals surface area contributed by atoms with Crippen molar-refractivity contribution in [1.29, 1.82) is 0 Å². The summed E-state index contributed by atoms with van der Waals surface area (Å²) in [5.41, 5.74) is 1.67. The van der Waals surface area contributed by atoms with Crippen LogP contribution in [0.3, 0.4) is 0 Å². The van der Waals surface area contributed by atoms with Crippen LogP contribution in [0.1, 0.15) is 0 Å². The molecule has 14 heteroatoms. The fourth-order valence-corrected chi connectivity index (χ4v) is 3.62. The van der Waals surface area contributed by atoms with Crippen LogP contribution in [-0.2, 0) is 32.2 Å². The lowest BCUT2D eigenvalue weighted by atomic mass is 10.1. The highest BCUT2D eigenvalue weighted by Gasteiger charge is 2.41. The first kappa shape index (κ1) is 29.0. The highest BCUT2D eigenvalue weighted by Crippen LogP contribution is 2.23. The number of aliphatic hydroxyl groups excluding tert-OH is 6. The van der Waals surface area contributed by atoms with Crippen molar-refractivity contribution >= 4 is 11.9 Å². The average molecular weight is 634 g/mol. The minimum Gasteiger partial charge on any atom is -1.00 e. The van der Waals surface area contributed by atoms with Crippen molar-refractivity contribution in [3.63, 3.8) is 0 Å². The van der Waals surface area contributed by atoms with Crippen LogP contribution >= 0.6 is 0 Å². The highest BCUT2D eigenvalue weighted by molar-refractivity contribution is 5.89. The quantitative estimate of drug-likeness (QED) is 0.127. The summed E-state index contributed by atoms with van der Waals surface area (Å²) in [6.07, 6.45) is 1.48. The molecule has 4 unspecified atom stereocenters. The summed E-state index contributed by atoms with van der Waals surface area (Å²) in [5.74, 6) is -5.40. The smallest absolute Gasteiger partial charge is 0.378 e. The molecule has 2 aromatic rings. The van der Waals surface area contributed by atoms with Crippen LogP contribution < -0.4 is 43.1 Å².